The molecular weight excluding hydrogens is 404 g/mol. The van der Waals surface area contributed by atoms with E-state index in [2.05, 4.69) is 68.6 Å². The second kappa shape index (κ2) is 10.1. The first kappa shape index (κ1) is 22.2. The van der Waals surface area contributed by atoms with E-state index in [4.69, 9.17) is 5.21 Å². The molecular formula is C24H32N6O2. The summed E-state index contributed by atoms with van der Waals surface area (Å²) in [5.74, 6) is 0.680. The molecule has 170 valence electrons. The Kier molecular flexibility index (Phi) is 7.02. The fourth-order valence-electron chi connectivity index (χ4n) is 4.60. The van der Waals surface area contributed by atoms with Gasteiger partial charge in [-0.2, -0.15) is 0 Å². The van der Waals surface area contributed by atoms with Crippen LogP contribution in [0.5, 0.6) is 0 Å². The number of amides is 1. The molecule has 2 aromatic heterocycles. The molecule has 1 aliphatic heterocycles. The minimum Gasteiger partial charge on any atom is -0.347 e. The van der Waals surface area contributed by atoms with Crippen LogP contribution in [-0.4, -0.2) is 56.7 Å². The van der Waals surface area contributed by atoms with E-state index in [1.54, 1.807) is 5.48 Å². The molecule has 0 bridgehead atoms. The quantitative estimate of drug-likeness (QED) is 0.416. The van der Waals surface area contributed by atoms with Crippen LogP contribution in [0.1, 0.15) is 42.6 Å². The van der Waals surface area contributed by atoms with Crippen molar-refractivity contribution in [3.8, 4) is 0 Å². The van der Waals surface area contributed by atoms with Gasteiger partial charge in [0.15, 0.2) is 0 Å². The minimum absolute atomic E-state index is 0.245. The van der Waals surface area contributed by atoms with Gasteiger partial charge >= 0.3 is 0 Å². The molecule has 3 heterocycles. The number of aryl methyl sites for hydroxylation is 1. The molecule has 0 atom stereocenters. The third kappa shape index (κ3) is 4.76. The van der Waals surface area contributed by atoms with Crippen LogP contribution < -0.4 is 10.4 Å². The van der Waals surface area contributed by atoms with Crippen molar-refractivity contribution in [3.63, 3.8) is 0 Å². The SMILES string of the molecule is CCN(Cc1cn(CC)c2ccccc12)CC1CCN(c2ncc(C(=O)NO)cn2)CC1. The van der Waals surface area contributed by atoms with E-state index in [1.165, 1.54) is 28.9 Å². The second-order valence-electron chi connectivity index (χ2n) is 8.43. The van der Waals surface area contributed by atoms with Gasteiger partial charge in [0.2, 0.25) is 5.95 Å². The topological polar surface area (TPSA) is 86.5 Å². The molecule has 1 saturated heterocycles. The number of nitrogens with one attached hydrogen (secondary N) is 1. The number of carbonyl (C=O) groups is 1. The van der Waals surface area contributed by atoms with E-state index in [0.29, 0.717) is 11.9 Å². The number of hydrogen-bond acceptors (Lipinski definition) is 6. The average Bonchev–Trinajstić information content (AvgIpc) is 3.21. The van der Waals surface area contributed by atoms with E-state index in [1.807, 2.05) is 0 Å². The summed E-state index contributed by atoms with van der Waals surface area (Å²) in [6, 6.07) is 8.68. The molecule has 0 spiro atoms. The molecule has 8 heteroatoms. The number of piperidine rings is 1. The monoisotopic (exact) mass is 436 g/mol. The Labute approximate surface area is 188 Å². The fraction of sp³-hybridized carbons (Fsp3) is 0.458. The molecule has 0 unspecified atom stereocenters. The maximum atomic E-state index is 11.4. The summed E-state index contributed by atoms with van der Waals surface area (Å²) in [7, 11) is 0. The zero-order chi connectivity index (χ0) is 22.5. The van der Waals surface area contributed by atoms with Gasteiger partial charge in [0.1, 0.15) is 0 Å². The van der Waals surface area contributed by atoms with Gasteiger partial charge in [0.25, 0.3) is 5.91 Å². The van der Waals surface area contributed by atoms with Crippen molar-refractivity contribution in [1.29, 1.82) is 0 Å². The number of nitrogens with zero attached hydrogens (tertiary/aromatic N) is 5. The van der Waals surface area contributed by atoms with Crippen molar-refractivity contribution in [1.82, 2.24) is 24.9 Å². The van der Waals surface area contributed by atoms with Crippen molar-refractivity contribution < 1.29 is 10.0 Å². The Morgan fingerprint density at radius 1 is 1.19 bits per heavy atom. The summed E-state index contributed by atoms with van der Waals surface area (Å²) in [5.41, 5.74) is 4.57. The molecule has 1 aliphatic rings. The van der Waals surface area contributed by atoms with Crippen LogP contribution in [0.15, 0.2) is 42.9 Å². The van der Waals surface area contributed by atoms with E-state index in [0.717, 1.165) is 52.1 Å². The Morgan fingerprint density at radius 3 is 2.56 bits per heavy atom. The number of hydrogen-bond donors (Lipinski definition) is 2. The van der Waals surface area contributed by atoms with Crippen LogP contribution in [0.2, 0.25) is 0 Å². The maximum Gasteiger partial charge on any atom is 0.277 e. The smallest absolute Gasteiger partial charge is 0.277 e. The first-order valence-corrected chi connectivity index (χ1v) is 11.4. The number of benzene rings is 1. The van der Waals surface area contributed by atoms with Crippen LogP contribution in [0.3, 0.4) is 0 Å². The summed E-state index contributed by atoms with van der Waals surface area (Å²) >= 11 is 0. The van der Waals surface area contributed by atoms with Crippen molar-refractivity contribution >= 4 is 22.8 Å². The molecule has 1 amide bonds. The lowest BCUT2D eigenvalue weighted by atomic mass is 9.96. The lowest BCUT2D eigenvalue weighted by Crippen LogP contribution is -2.39. The highest BCUT2D eigenvalue weighted by atomic mass is 16.5. The van der Waals surface area contributed by atoms with E-state index >= 15 is 0 Å². The second-order valence-corrected chi connectivity index (χ2v) is 8.43. The Balaban J connectivity index is 1.34. The number of hydroxylamine groups is 1. The normalized spacial score (nSPS) is 14.9. The molecule has 1 aromatic carbocycles. The number of anilines is 1. The predicted molar refractivity (Wildman–Crippen MR) is 125 cm³/mol. The summed E-state index contributed by atoms with van der Waals surface area (Å²) in [6.07, 6.45) is 7.40. The van der Waals surface area contributed by atoms with E-state index in [-0.39, 0.29) is 5.56 Å². The van der Waals surface area contributed by atoms with Gasteiger partial charge in [-0.05, 0) is 43.9 Å². The van der Waals surface area contributed by atoms with E-state index < -0.39 is 5.91 Å². The number of fused-ring (bicyclic) bond motifs is 1. The highest BCUT2D eigenvalue weighted by Crippen LogP contribution is 2.25. The Morgan fingerprint density at radius 2 is 1.91 bits per heavy atom. The third-order valence-electron chi connectivity index (χ3n) is 6.47. The summed E-state index contributed by atoms with van der Waals surface area (Å²) in [6.45, 7) is 10.3. The lowest BCUT2D eigenvalue weighted by Gasteiger charge is -2.34. The minimum atomic E-state index is -0.600. The molecule has 1 fully saturated rings. The van der Waals surface area contributed by atoms with Crippen molar-refractivity contribution in [2.45, 2.75) is 39.8 Å². The number of aromatic nitrogens is 3. The number of rotatable bonds is 8. The molecule has 3 aromatic rings. The van der Waals surface area contributed by atoms with E-state index in [9.17, 15) is 4.79 Å². The summed E-state index contributed by atoms with van der Waals surface area (Å²) in [4.78, 5) is 24.8. The largest absolute Gasteiger partial charge is 0.347 e. The van der Waals surface area contributed by atoms with Crippen LogP contribution in [0.25, 0.3) is 10.9 Å². The van der Waals surface area contributed by atoms with Crippen molar-refractivity contribution in [2.24, 2.45) is 5.92 Å². The third-order valence-corrected chi connectivity index (χ3v) is 6.47. The standard InChI is InChI=1S/C24H32N6O2/c1-3-28(16-20-17-29(4-2)22-8-6-5-7-21(20)22)15-18-9-11-30(12-10-18)24-25-13-19(14-26-24)23(31)27-32/h5-8,13-14,17-18,32H,3-4,9-12,15-16H2,1-2H3,(H,27,31). The van der Waals surface area contributed by atoms with Gasteiger partial charge in [0.05, 0.1) is 5.56 Å². The summed E-state index contributed by atoms with van der Waals surface area (Å²) < 4.78 is 2.34. The molecule has 0 radical (unpaired) electrons. The average molecular weight is 437 g/mol. The van der Waals surface area contributed by atoms with Gasteiger partial charge in [-0.1, -0.05) is 25.1 Å². The van der Waals surface area contributed by atoms with Crippen LogP contribution in [-0.2, 0) is 13.1 Å². The molecule has 32 heavy (non-hydrogen) atoms. The molecule has 0 aliphatic carbocycles. The molecule has 0 saturated carbocycles. The van der Waals surface area contributed by atoms with Crippen molar-refractivity contribution in [3.05, 3.63) is 54.0 Å². The van der Waals surface area contributed by atoms with Crippen LogP contribution >= 0.6 is 0 Å². The van der Waals surface area contributed by atoms with Gasteiger partial charge < -0.3 is 9.47 Å². The lowest BCUT2D eigenvalue weighted by molar-refractivity contribution is 0.0705. The van der Waals surface area contributed by atoms with Crippen LogP contribution in [0, 0.1) is 5.92 Å². The summed E-state index contributed by atoms with van der Waals surface area (Å²) in [5, 5.41) is 10.1. The van der Waals surface area contributed by atoms with Gasteiger partial charge in [-0.3, -0.25) is 14.9 Å². The molecule has 4 rings (SSSR count). The molecule has 8 nitrogen and oxygen atoms in total. The maximum absolute atomic E-state index is 11.4. The highest BCUT2D eigenvalue weighted by molar-refractivity contribution is 5.92. The van der Waals surface area contributed by atoms with Crippen molar-refractivity contribution in [2.75, 3.05) is 31.1 Å². The first-order chi connectivity index (χ1) is 15.6. The first-order valence-electron chi connectivity index (χ1n) is 11.4. The Hall–Kier alpha value is -2.97. The van der Waals surface area contributed by atoms with Crippen LogP contribution in [0.4, 0.5) is 5.95 Å². The number of para-hydroxylation sites is 1. The predicted octanol–water partition coefficient (Wildman–Crippen LogP) is 3.31. The Bertz CT molecular complexity index is 1040. The van der Waals surface area contributed by atoms with Gasteiger partial charge in [0, 0.05) is 62.2 Å². The fourth-order valence-corrected chi connectivity index (χ4v) is 4.60. The highest BCUT2D eigenvalue weighted by Gasteiger charge is 2.23. The zero-order valence-corrected chi connectivity index (χ0v) is 18.9. The van der Waals surface area contributed by atoms with Gasteiger partial charge in [-0.25, -0.2) is 15.4 Å². The zero-order valence-electron chi connectivity index (χ0n) is 18.9. The molecule has 2 N–H and O–H groups in total. The number of carbonyl (C=O) groups excluding carboxylic acids is 1. The van der Waals surface area contributed by atoms with Gasteiger partial charge in [-0.15, -0.1) is 0 Å².